The molecule has 5 atom stereocenters. The third-order valence-corrected chi connectivity index (χ3v) is 3.09. The lowest BCUT2D eigenvalue weighted by atomic mass is 9.79. The first kappa shape index (κ1) is 12.9. The fourth-order valence-corrected chi connectivity index (χ4v) is 2.28. The van der Waals surface area contributed by atoms with Crippen LogP contribution in [0.5, 0.6) is 0 Å². The van der Waals surface area contributed by atoms with Gasteiger partial charge in [-0.1, -0.05) is 13.8 Å². The van der Waals surface area contributed by atoms with E-state index in [1.165, 1.54) is 7.11 Å². The Labute approximate surface area is 90.7 Å². The van der Waals surface area contributed by atoms with Crippen molar-refractivity contribution < 1.29 is 14.6 Å². The monoisotopic (exact) mass is 218 g/mol. The molecule has 5 heteroatoms. The lowest BCUT2D eigenvalue weighted by Gasteiger charge is -2.44. The SMILES string of the molecule is CO[C@@H]1OC(CN)[C@H](C(C)C)C(N)C1O. The Kier molecular flexibility index (Phi) is 4.48. The molecule has 0 aromatic heterocycles. The van der Waals surface area contributed by atoms with Gasteiger partial charge in [0.2, 0.25) is 0 Å². The number of aliphatic hydroxyl groups excluding tert-OH is 1. The quantitative estimate of drug-likeness (QED) is 0.581. The zero-order valence-corrected chi connectivity index (χ0v) is 9.59. The van der Waals surface area contributed by atoms with Crippen LogP contribution in [0.15, 0.2) is 0 Å². The van der Waals surface area contributed by atoms with Crippen LogP contribution in [0.4, 0.5) is 0 Å². The third-order valence-electron chi connectivity index (χ3n) is 3.09. The van der Waals surface area contributed by atoms with Gasteiger partial charge >= 0.3 is 0 Å². The zero-order chi connectivity index (χ0) is 11.6. The molecular formula is C10H22N2O3. The van der Waals surface area contributed by atoms with Crippen LogP contribution in [0, 0.1) is 11.8 Å². The van der Waals surface area contributed by atoms with Crippen molar-refractivity contribution in [2.75, 3.05) is 13.7 Å². The maximum atomic E-state index is 9.85. The lowest BCUT2D eigenvalue weighted by molar-refractivity contribution is -0.253. The molecular weight excluding hydrogens is 196 g/mol. The van der Waals surface area contributed by atoms with Gasteiger partial charge in [0.1, 0.15) is 6.10 Å². The molecule has 0 radical (unpaired) electrons. The van der Waals surface area contributed by atoms with Gasteiger partial charge in [-0.3, -0.25) is 0 Å². The molecule has 1 rings (SSSR count). The number of ether oxygens (including phenoxy) is 2. The van der Waals surface area contributed by atoms with Gasteiger partial charge in [0.25, 0.3) is 0 Å². The van der Waals surface area contributed by atoms with Gasteiger partial charge in [-0.2, -0.15) is 0 Å². The number of aliphatic hydroxyl groups is 1. The highest BCUT2D eigenvalue weighted by Gasteiger charge is 2.44. The molecule has 5 N–H and O–H groups in total. The first-order chi connectivity index (χ1) is 7.02. The molecule has 0 aliphatic carbocycles. The molecule has 0 bridgehead atoms. The highest BCUT2D eigenvalue weighted by molar-refractivity contribution is 4.93. The summed E-state index contributed by atoms with van der Waals surface area (Å²) in [6.07, 6.45) is -1.60. The molecule has 5 nitrogen and oxygen atoms in total. The minimum atomic E-state index is -0.787. The van der Waals surface area contributed by atoms with E-state index in [1.807, 2.05) is 0 Å². The smallest absolute Gasteiger partial charge is 0.185 e. The fourth-order valence-electron chi connectivity index (χ4n) is 2.28. The van der Waals surface area contributed by atoms with Crippen molar-refractivity contribution in [2.24, 2.45) is 23.3 Å². The Hall–Kier alpha value is -0.200. The molecule has 90 valence electrons. The molecule has 1 aliphatic heterocycles. The topological polar surface area (TPSA) is 90.7 Å². The molecule has 3 unspecified atom stereocenters. The van der Waals surface area contributed by atoms with E-state index in [1.54, 1.807) is 0 Å². The number of nitrogens with two attached hydrogens (primary N) is 2. The summed E-state index contributed by atoms with van der Waals surface area (Å²) >= 11 is 0. The van der Waals surface area contributed by atoms with Gasteiger partial charge in [0, 0.05) is 25.6 Å². The lowest BCUT2D eigenvalue weighted by Crippen LogP contribution is -2.61. The largest absolute Gasteiger partial charge is 0.386 e. The third kappa shape index (κ3) is 2.49. The van der Waals surface area contributed by atoms with E-state index in [4.69, 9.17) is 20.9 Å². The van der Waals surface area contributed by atoms with Crippen molar-refractivity contribution in [3.05, 3.63) is 0 Å². The number of methoxy groups -OCH3 is 1. The number of hydrogen-bond donors (Lipinski definition) is 3. The summed E-state index contributed by atoms with van der Waals surface area (Å²) < 4.78 is 10.6. The summed E-state index contributed by atoms with van der Waals surface area (Å²) in [7, 11) is 1.49. The van der Waals surface area contributed by atoms with E-state index in [-0.39, 0.29) is 18.1 Å². The minimum absolute atomic E-state index is 0.0661. The molecule has 1 saturated heterocycles. The van der Waals surface area contributed by atoms with Crippen molar-refractivity contribution in [2.45, 2.75) is 38.4 Å². The maximum Gasteiger partial charge on any atom is 0.185 e. The van der Waals surface area contributed by atoms with Crippen molar-refractivity contribution in [1.82, 2.24) is 0 Å². The summed E-state index contributed by atoms with van der Waals surface area (Å²) in [6, 6.07) is -0.350. The van der Waals surface area contributed by atoms with E-state index in [0.29, 0.717) is 12.5 Å². The van der Waals surface area contributed by atoms with Gasteiger partial charge < -0.3 is 26.0 Å². The predicted octanol–water partition coefficient (Wildman–Crippen LogP) is -0.723. The second-order valence-corrected chi connectivity index (χ2v) is 4.40. The van der Waals surface area contributed by atoms with Crippen LogP contribution in [0.25, 0.3) is 0 Å². The summed E-state index contributed by atoms with van der Waals surface area (Å²) in [5.41, 5.74) is 11.6. The highest BCUT2D eigenvalue weighted by Crippen LogP contribution is 2.30. The standard InChI is InChI=1S/C10H22N2O3/c1-5(2)7-6(4-11)15-10(14-3)9(13)8(7)12/h5-10,13H,4,11-12H2,1-3H3/t6?,7-,8?,9?,10+/m0/s1. The van der Waals surface area contributed by atoms with Gasteiger partial charge in [0.15, 0.2) is 6.29 Å². The van der Waals surface area contributed by atoms with E-state index < -0.39 is 12.4 Å². The molecule has 0 aromatic carbocycles. The first-order valence-electron chi connectivity index (χ1n) is 5.34. The van der Waals surface area contributed by atoms with Crippen LogP contribution in [-0.2, 0) is 9.47 Å². The van der Waals surface area contributed by atoms with Crippen LogP contribution in [-0.4, -0.2) is 43.3 Å². The predicted molar refractivity (Wildman–Crippen MR) is 57.0 cm³/mol. The van der Waals surface area contributed by atoms with Crippen LogP contribution < -0.4 is 11.5 Å². The Morgan fingerprint density at radius 3 is 2.47 bits per heavy atom. The molecule has 0 spiro atoms. The first-order valence-corrected chi connectivity index (χ1v) is 5.34. The summed E-state index contributed by atoms with van der Waals surface area (Å²) in [5.74, 6) is 0.386. The van der Waals surface area contributed by atoms with Crippen LogP contribution in [0.1, 0.15) is 13.8 Å². The molecule has 1 heterocycles. The van der Waals surface area contributed by atoms with E-state index in [9.17, 15) is 5.11 Å². The average molecular weight is 218 g/mol. The molecule has 15 heavy (non-hydrogen) atoms. The van der Waals surface area contributed by atoms with Gasteiger partial charge in [0.05, 0.1) is 6.10 Å². The van der Waals surface area contributed by atoms with Crippen LogP contribution in [0.3, 0.4) is 0 Å². The Morgan fingerprint density at radius 2 is 2.07 bits per heavy atom. The van der Waals surface area contributed by atoms with Crippen molar-refractivity contribution in [3.8, 4) is 0 Å². The molecule has 0 amide bonds. The van der Waals surface area contributed by atoms with Crippen LogP contribution >= 0.6 is 0 Å². The fraction of sp³-hybridized carbons (Fsp3) is 1.00. The minimum Gasteiger partial charge on any atom is -0.386 e. The van der Waals surface area contributed by atoms with Crippen molar-refractivity contribution in [3.63, 3.8) is 0 Å². The second kappa shape index (κ2) is 5.23. The molecule has 1 aliphatic rings. The van der Waals surface area contributed by atoms with Crippen molar-refractivity contribution >= 4 is 0 Å². The van der Waals surface area contributed by atoms with Gasteiger partial charge in [-0.15, -0.1) is 0 Å². The second-order valence-electron chi connectivity index (χ2n) is 4.40. The Balaban J connectivity index is 2.79. The van der Waals surface area contributed by atoms with E-state index >= 15 is 0 Å². The Morgan fingerprint density at radius 1 is 1.47 bits per heavy atom. The normalized spacial score (nSPS) is 42.2. The summed E-state index contributed by atoms with van der Waals surface area (Å²) in [6.45, 7) is 4.50. The molecule has 0 aromatic rings. The van der Waals surface area contributed by atoms with Gasteiger partial charge in [-0.05, 0) is 5.92 Å². The van der Waals surface area contributed by atoms with Crippen molar-refractivity contribution in [1.29, 1.82) is 0 Å². The van der Waals surface area contributed by atoms with Crippen LogP contribution in [0.2, 0.25) is 0 Å². The molecule has 0 saturated carbocycles. The van der Waals surface area contributed by atoms with Gasteiger partial charge in [-0.25, -0.2) is 0 Å². The summed E-state index contributed by atoms with van der Waals surface area (Å²) in [5, 5.41) is 9.85. The van der Waals surface area contributed by atoms with E-state index in [0.717, 1.165) is 0 Å². The zero-order valence-electron chi connectivity index (χ0n) is 9.59. The highest BCUT2D eigenvalue weighted by atomic mass is 16.7. The van der Waals surface area contributed by atoms with E-state index in [2.05, 4.69) is 13.8 Å². The number of rotatable bonds is 3. The molecule has 1 fully saturated rings. The average Bonchev–Trinajstić information content (AvgIpc) is 2.20. The number of hydrogen-bond acceptors (Lipinski definition) is 5. The summed E-state index contributed by atoms with van der Waals surface area (Å²) in [4.78, 5) is 0. The Bertz CT molecular complexity index is 199. The maximum absolute atomic E-state index is 9.85.